The van der Waals surface area contributed by atoms with E-state index in [1.807, 2.05) is 79.0 Å². The molecule has 0 spiro atoms. The van der Waals surface area contributed by atoms with Gasteiger partial charge in [0.25, 0.3) is 0 Å². The average Bonchev–Trinajstić information content (AvgIpc) is 3.21. The molecule has 1 atom stereocenters. The van der Waals surface area contributed by atoms with Crippen molar-refractivity contribution in [3.63, 3.8) is 0 Å². The number of H-pyrrole nitrogens is 1. The molecule has 1 N–H and O–H groups in total. The minimum absolute atomic E-state index is 0.165. The van der Waals surface area contributed by atoms with Gasteiger partial charge in [0.2, 0.25) is 0 Å². The van der Waals surface area contributed by atoms with Crippen LogP contribution in [-0.2, 0) is 6.42 Å². The molecule has 1 unspecified atom stereocenters. The Labute approximate surface area is 179 Å². The molecule has 0 radical (unpaired) electrons. The molecular weight excluding hydrogens is 392 g/mol. The highest BCUT2D eigenvalue weighted by Crippen LogP contribution is 2.24. The molecule has 2 aromatic heterocycles. The van der Waals surface area contributed by atoms with Crippen LogP contribution in [0.2, 0.25) is 5.15 Å². The van der Waals surface area contributed by atoms with Crippen LogP contribution < -0.4 is 0 Å². The molecule has 5 rings (SSSR count). The number of nitrogens with zero attached hydrogens (tertiary/aromatic N) is 3. The molecule has 2 heterocycles. The summed E-state index contributed by atoms with van der Waals surface area (Å²) in [5.74, 6) is 0.834. The summed E-state index contributed by atoms with van der Waals surface area (Å²) in [5.41, 5.74) is 4.81. The molecule has 5 heteroatoms. The van der Waals surface area contributed by atoms with E-state index in [0.717, 1.165) is 39.7 Å². The number of hydrogen-bond donors (Lipinski definition) is 1. The summed E-state index contributed by atoms with van der Waals surface area (Å²) in [6, 6.07) is 28.1. The van der Waals surface area contributed by atoms with E-state index in [1.54, 1.807) is 0 Å². The SMILES string of the molecule is Clc1nc2ccccc2cc1C=NC(Cc1ccccc1)c1nc2ccccc2[nH]1. The van der Waals surface area contributed by atoms with Gasteiger partial charge in [0.1, 0.15) is 17.0 Å². The fourth-order valence-electron chi connectivity index (χ4n) is 3.56. The second kappa shape index (κ2) is 8.09. The number of halogens is 1. The number of aliphatic imine (C=N–C) groups is 1. The third kappa shape index (κ3) is 3.82. The number of pyridine rings is 1. The van der Waals surface area contributed by atoms with Crippen LogP contribution >= 0.6 is 11.6 Å². The molecule has 0 bridgehead atoms. The lowest BCUT2D eigenvalue weighted by atomic mass is 10.1. The van der Waals surface area contributed by atoms with E-state index in [9.17, 15) is 0 Å². The van der Waals surface area contributed by atoms with Crippen molar-refractivity contribution in [3.8, 4) is 0 Å². The van der Waals surface area contributed by atoms with Crippen LogP contribution in [0.25, 0.3) is 21.9 Å². The normalized spacial score (nSPS) is 12.7. The summed E-state index contributed by atoms with van der Waals surface area (Å²) >= 11 is 6.43. The molecule has 0 saturated heterocycles. The van der Waals surface area contributed by atoms with Gasteiger partial charge in [0.15, 0.2) is 0 Å². The van der Waals surface area contributed by atoms with Crippen LogP contribution in [-0.4, -0.2) is 21.2 Å². The molecule has 0 aliphatic carbocycles. The number of benzene rings is 3. The quantitative estimate of drug-likeness (QED) is 0.278. The first-order chi connectivity index (χ1) is 14.8. The van der Waals surface area contributed by atoms with Crippen molar-refractivity contribution in [2.45, 2.75) is 12.5 Å². The van der Waals surface area contributed by atoms with Gasteiger partial charge in [-0.25, -0.2) is 9.97 Å². The minimum Gasteiger partial charge on any atom is -0.340 e. The Morgan fingerprint density at radius 3 is 2.43 bits per heavy atom. The van der Waals surface area contributed by atoms with Crippen LogP contribution in [0.1, 0.15) is 23.0 Å². The Hall–Kier alpha value is -3.50. The highest BCUT2D eigenvalue weighted by Gasteiger charge is 2.15. The summed E-state index contributed by atoms with van der Waals surface area (Å²) in [4.78, 5) is 17.6. The highest BCUT2D eigenvalue weighted by molar-refractivity contribution is 6.32. The number of hydrogen-bond acceptors (Lipinski definition) is 3. The van der Waals surface area contributed by atoms with Gasteiger partial charge in [0.05, 0.1) is 16.6 Å². The third-order valence-electron chi connectivity index (χ3n) is 5.09. The molecule has 4 nitrogen and oxygen atoms in total. The van der Waals surface area contributed by atoms with E-state index in [-0.39, 0.29) is 6.04 Å². The number of aromatic nitrogens is 3. The lowest BCUT2D eigenvalue weighted by Gasteiger charge is -2.10. The topological polar surface area (TPSA) is 53.9 Å². The van der Waals surface area contributed by atoms with Crippen LogP contribution in [0.5, 0.6) is 0 Å². The summed E-state index contributed by atoms with van der Waals surface area (Å²) in [6.45, 7) is 0. The predicted octanol–water partition coefficient (Wildman–Crippen LogP) is 6.17. The summed E-state index contributed by atoms with van der Waals surface area (Å²) < 4.78 is 0. The first-order valence-corrected chi connectivity index (χ1v) is 10.2. The van der Waals surface area contributed by atoms with Crippen molar-refractivity contribution < 1.29 is 0 Å². The Morgan fingerprint density at radius 1 is 0.867 bits per heavy atom. The molecule has 3 aromatic carbocycles. The fourth-order valence-corrected chi connectivity index (χ4v) is 3.75. The summed E-state index contributed by atoms with van der Waals surface area (Å²) in [6.07, 6.45) is 2.54. The lowest BCUT2D eigenvalue weighted by molar-refractivity contribution is 0.686. The average molecular weight is 411 g/mol. The zero-order chi connectivity index (χ0) is 20.3. The number of fused-ring (bicyclic) bond motifs is 2. The number of aromatic amines is 1. The molecule has 5 aromatic rings. The van der Waals surface area contributed by atoms with Gasteiger partial charge in [-0.2, -0.15) is 0 Å². The molecule has 0 aliphatic heterocycles. The fraction of sp³-hybridized carbons (Fsp3) is 0.0800. The van der Waals surface area contributed by atoms with Gasteiger partial charge in [-0.05, 0) is 29.8 Å². The van der Waals surface area contributed by atoms with Gasteiger partial charge < -0.3 is 4.98 Å². The van der Waals surface area contributed by atoms with E-state index >= 15 is 0 Å². The van der Waals surface area contributed by atoms with E-state index in [2.05, 4.69) is 22.1 Å². The van der Waals surface area contributed by atoms with Crippen LogP contribution in [0.15, 0.2) is 89.9 Å². The van der Waals surface area contributed by atoms with E-state index in [4.69, 9.17) is 21.6 Å². The van der Waals surface area contributed by atoms with E-state index in [1.165, 1.54) is 5.56 Å². The van der Waals surface area contributed by atoms with Crippen LogP contribution in [0.3, 0.4) is 0 Å². The highest BCUT2D eigenvalue weighted by atomic mass is 35.5. The summed E-state index contributed by atoms with van der Waals surface area (Å²) in [7, 11) is 0. The zero-order valence-electron chi connectivity index (χ0n) is 16.2. The van der Waals surface area contributed by atoms with Gasteiger partial charge >= 0.3 is 0 Å². The molecule has 0 amide bonds. The molecular formula is C25H19ClN4. The van der Waals surface area contributed by atoms with Crippen molar-refractivity contribution >= 4 is 39.8 Å². The molecule has 0 aliphatic rings. The Bertz CT molecular complexity index is 1310. The number of nitrogens with one attached hydrogen (secondary N) is 1. The van der Waals surface area contributed by atoms with Gasteiger partial charge in [-0.1, -0.05) is 72.3 Å². The number of rotatable bonds is 5. The molecule has 30 heavy (non-hydrogen) atoms. The Kier molecular flexibility index (Phi) is 4.99. The molecule has 146 valence electrons. The number of para-hydroxylation sites is 3. The maximum atomic E-state index is 6.43. The zero-order valence-corrected chi connectivity index (χ0v) is 16.9. The van der Waals surface area contributed by atoms with E-state index < -0.39 is 0 Å². The first kappa shape index (κ1) is 18.5. The van der Waals surface area contributed by atoms with Gasteiger partial charge in [0, 0.05) is 23.6 Å². The first-order valence-electron chi connectivity index (χ1n) is 9.83. The van der Waals surface area contributed by atoms with Gasteiger partial charge in [-0.3, -0.25) is 4.99 Å². The van der Waals surface area contributed by atoms with Crippen LogP contribution in [0.4, 0.5) is 0 Å². The second-order valence-electron chi connectivity index (χ2n) is 7.18. The van der Waals surface area contributed by atoms with Crippen molar-refractivity contribution in [3.05, 3.63) is 107 Å². The number of imidazole rings is 1. The predicted molar refractivity (Wildman–Crippen MR) is 123 cm³/mol. The Balaban J connectivity index is 1.53. The monoisotopic (exact) mass is 410 g/mol. The third-order valence-corrected chi connectivity index (χ3v) is 5.40. The smallest absolute Gasteiger partial charge is 0.138 e. The maximum Gasteiger partial charge on any atom is 0.138 e. The van der Waals surface area contributed by atoms with Gasteiger partial charge in [-0.15, -0.1) is 0 Å². The molecule has 0 fully saturated rings. The van der Waals surface area contributed by atoms with Crippen LogP contribution in [0, 0.1) is 0 Å². The largest absolute Gasteiger partial charge is 0.340 e. The minimum atomic E-state index is -0.165. The second-order valence-corrected chi connectivity index (χ2v) is 7.54. The van der Waals surface area contributed by atoms with Crippen molar-refractivity contribution in [2.75, 3.05) is 0 Å². The van der Waals surface area contributed by atoms with Crippen molar-refractivity contribution in [1.82, 2.24) is 15.0 Å². The standard InChI is InChI=1S/C25H19ClN4/c26-24-19(15-18-10-4-5-11-20(18)28-24)16-27-23(14-17-8-2-1-3-9-17)25-29-21-12-6-7-13-22(21)30-25/h1-13,15-16,23H,14H2,(H,29,30). The Morgan fingerprint density at radius 2 is 1.60 bits per heavy atom. The van der Waals surface area contributed by atoms with Crippen molar-refractivity contribution in [2.24, 2.45) is 4.99 Å². The summed E-state index contributed by atoms with van der Waals surface area (Å²) in [5, 5.41) is 1.48. The molecule has 0 saturated carbocycles. The lowest BCUT2D eigenvalue weighted by Crippen LogP contribution is -2.04. The van der Waals surface area contributed by atoms with E-state index in [0.29, 0.717) is 5.15 Å². The van der Waals surface area contributed by atoms with Crippen molar-refractivity contribution in [1.29, 1.82) is 0 Å². The maximum absolute atomic E-state index is 6.43.